The molecule has 0 unspecified atom stereocenters. The molecule has 20 heavy (non-hydrogen) atoms. The fourth-order valence-electron chi connectivity index (χ4n) is 1.94. The van der Waals surface area contributed by atoms with Crippen molar-refractivity contribution in [3.63, 3.8) is 0 Å². The molecular weight excluding hydrogens is 252 g/mol. The van der Waals surface area contributed by atoms with Crippen molar-refractivity contribution >= 4 is 5.97 Å². The first-order valence-electron chi connectivity index (χ1n) is 6.59. The standard InChI is InChI=1S/C17H18O3/c1-11(2)13-9-8-12(3)16(10-13)20-15-7-5-4-6-14(15)17(18)19/h4-11H,1-3H3,(H,18,19). The van der Waals surface area contributed by atoms with Crippen molar-refractivity contribution in [2.75, 3.05) is 0 Å². The van der Waals surface area contributed by atoms with Gasteiger partial charge >= 0.3 is 5.97 Å². The second-order valence-electron chi connectivity index (χ2n) is 5.08. The van der Waals surface area contributed by atoms with Gasteiger partial charge in [-0.2, -0.15) is 0 Å². The molecule has 0 saturated heterocycles. The SMILES string of the molecule is Cc1ccc(C(C)C)cc1Oc1ccccc1C(=O)O. The highest BCUT2D eigenvalue weighted by atomic mass is 16.5. The van der Waals surface area contributed by atoms with E-state index in [1.807, 2.05) is 19.1 Å². The van der Waals surface area contributed by atoms with Crippen LogP contribution in [0.5, 0.6) is 11.5 Å². The fraction of sp³-hybridized carbons (Fsp3) is 0.235. The molecule has 2 rings (SSSR count). The molecule has 0 aliphatic rings. The third-order valence-electron chi connectivity index (χ3n) is 3.22. The molecule has 0 amide bonds. The number of carboxylic acids is 1. The summed E-state index contributed by atoms with van der Waals surface area (Å²) in [5.74, 6) is 0.472. The number of para-hydroxylation sites is 1. The van der Waals surface area contributed by atoms with Gasteiger partial charge in [0.05, 0.1) is 0 Å². The lowest BCUT2D eigenvalue weighted by Gasteiger charge is -2.13. The zero-order valence-corrected chi connectivity index (χ0v) is 11.9. The highest BCUT2D eigenvalue weighted by Gasteiger charge is 2.12. The third-order valence-corrected chi connectivity index (χ3v) is 3.22. The molecule has 0 bridgehead atoms. The molecule has 0 atom stereocenters. The van der Waals surface area contributed by atoms with Gasteiger partial charge in [0.1, 0.15) is 17.1 Å². The smallest absolute Gasteiger partial charge is 0.339 e. The third kappa shape index (κ3) is 2.99. The molecule has 3 nitrogen and oxygen atoms in total. The van der Waals surface area contributed by atoms with Crippen LogP contribution in [0, 0.1) is 6.92 Å². The highest BCUT2D eigenvalue weighted by molar-refractivity contribution is 5.90. The zero-order chi connectivity index (χ0) is 14.7. The summed E-state index contributed by atoms with van der Waals surface area (Å²) in [6, 6.07) is 12.7. The van der Waals surface area contributed by atoms with E-state index in [1.54, 1.807) is 24.3 Å². The van der Waals surface area contributed by atoms with Crippen LogP contribution in [0.25, 0.3) is 0 Å². The molecule has 0 radical (unpaired) electrons. The van der Waals surface area contributed by atoms with E-state index < -0.39 is 5.97 Å². The van der Waals surface area contributed by atoms with Gasteiger partial charge < -0.3 is 9.84 Å². The molecule has 2 aromatic rings. The number of carboxylic acid groups (broad SMARTS) is 1. The average Bonchev–Trinajstić information content (AvgIpc) is 2.41. The van der Waals surface area contributed by atoms with Gasteiger partial charge in [0, 0.05) is 0 Å². The van der Waals surface area contributed by atoms with Gasteiger partial charge in [-0.1, -0.05) is 38.1 Å². The minimum atomic E-state index is -0.988. The molecule has 0 aliphatic heterocycles. The quantitative estimate of drug-likeness (QED) is 0.882. The number of benzene rings is 2. The first-order valence-corrected chi connectivity index (χ1v) is 6.59. The van der Waals surface area contributed by atoms with Crippen LogP contribution in [0.3, 0.4) is 0 Å². The van der Waals surface area contributed by atoms with E-state index in [9.17, 15) is 9.90 Å². The largest absolute Gasteiger partial charge is 0.478 e. The van der Waals surface area contributed by atoms with Crippen LogP contribution >= 0.6 is 0 Å². The Balaban J connectivity index is 2.40. The molecular formula is C17H18O3. The lowest BCUT2D eigenvalue weighted by Crippen LogP contribution is -2.00. The number of carbonyl (C=O) groups is 1. The number of hydrogen-bond donors (Lipinski definition) is 1. The van der Waals surface area contributed by atoms with E-state index in [0.29, 0.717) is 17.4 Å². The van der Waals surface area contributed by atoms with E-state index in [-0.39, 0.29) is 5.56 Å². The van der Waals surface area contributed by atoms with Gasteiger partial charge in [-0.3, -0.25) is 0 Å². The molecule has 0 spiro atoms. The fourth-order valence-corrected chi connectivity index (χ4v) is 1.94. The summed E-state index contributed by atoms with van der Waals surface area (Å²) in [7, 11) is 0. The molecule has 104 valence electrons. The Morgan fingerprint density at radius 1 is 1.10 bits per heavy atom. The van der Waals surface area contributed by atoms with Gasteiger partial charge in [-0.15, -0.1) is 0 Å². The summed E-state index contributed by atoms with van der Waals surface area (Å²) >= 11 is 0. The first-order chi connectivity index (χ1) is 9.49. The van der Waals surface area contributed by atoms with Gasteiger partial charge in [0.25, 0.3) is 0 Å². The van der Waals surface area contributed by atoms with Crippen molar-refractivity contribution in [2.24, 2.45) is 0 Å². The number of ether oxygens (including phenoxy) is 1. The summed E-state index contributed by atoms with van der Waals surface area (Å²) in [5, 5.41) is 9.18. The maximum absolute atomic E-state index is 11.2. The highest BCUT2D eigenvalue weighted by Crippen LogP contribution is 2.30. The summed E-state index contributed by atoms with van der Waals surface area (Å²) in [6.07, 6.45) is 0. The lowest BCUT2D eigenvalue weighted by atomic mass is 10.0. The molecule has 0 aromatic heterocycles. The van der Waals surface area contributed by atoms with Crippen molar-refractivity contribution in [3.05, 3.63) is 59.2 Å². The van der Waals surface area contributed by atoms with Crippen LogP contribution in [-0.2, 0) is 0 Å². The van der Waals surface area contributed by atoms with E-state index in [1.165, 1.54) is 5.56 Å². The zero-order valence-electron chi connectivity index (χ0n) is 11.9. The summed E-state index contributed by atoms with van der Waals surface area (Å²) in [6.45, 7) is 6.17. The number of rotatable bonds is 4. The Morgan fingerprint density at radius 3 is 2.45 bits per heavy atom. The summed E-state index contributed by atoms with van der Waals surface area (Å²) < 4.78 is 5.81. The minimum Gasteiger partial charge on any atom is -0.478 e. The van der Waals surface area contributed by atoms with Gasteiger partial charge in [-0.05, 0) is 42.2 Å². The Kier molecular flexibility index (Phi) is 4.08. The van der Waals surface area contributed by atoms with Crippen LogP contribution in [0.1, 0.15) is 41.3 Å². The number of aryl methyl sites for hydroxylation is 1. The molecule has 0 heterocycles. The second kappa shape index (κ2) is 5.78. The minimum absolute atomic E-state index is 0.168. The normalized spacial score (nSPS) is 10.6. The topological polar surface area (TPSA) is 46.5 Å². The summed E-state index contributed by atoms with van der Waals surface area (Å²) in [4.78, 5) is 11.2. The predicted molar refractivity (Wildman–Crippen MR) is 78.7 cm³/mol. The molecule has 3 heteroatoms. The van der Waals surface area contributed by atoms with E-state index >= 15 is 0 Å². The van der Waals surface area contributed by atoms with Crippen LogP contribution in [0.4, 0.5) is 0 Å². The van der Waals surface area contributed by atoms with Gasteiger partial charge in [-0.25, -0.2) is 4.79 Å². The lowest BCUT2D eigenvalue weighted by molar-refractivity contribution is 0.0694. The van der Waals surface area contributed by atoms with E-state index in [0.717, 1.165) is 5.56 Å². The number of hydrogen-bond acceptors (Lipinski definition) is 2. The molecule has 0 aliphatic carbocycles. The summed E-state index contributed by atoms with van der Waals surface area (Å²) in [5.41, 5.74) is 2.31. The molecule has 2 aromatic carbocycles. The van der Waals surface area contributed by atoms with Crippen molar-refractivity contribution in [2.45, 2.75) is 26.7 Å². The van der Waals surface area contributed by atoms with E-state index in [2.05, 4.69) is 19.9 Å². The van der Waals surface area contributed by atoms with Crippen LogP contribution in [-0.4, -0.2) is 11.1 Å². The van der Waals surface area contributed by atoms with Gasteiger partial charge in [0.2, 0.25) is 0 Å². The Morgan fingerprint density at radius 2 is 1.80 bits per heavy atom. The van der Waals surface area contributed by atoms with Crippen molar-refractivity contribution < 1.29 is 14.6 Å². The number of aromatic carboxylic acids is 1. The van der Waals surface area contributed by atoms with Gasteiger partial charge in [0.15, 0.2) is 0 Å². The van der Waals surface area contributed by atoms with Crippen LogP contribution in [0.2, 0.25) is 0 Å². The van der Waals surface area contributed by atoms with Crippen molar-refractivity contribution in [1.82, 2.24) is 0 Å². The van der Waals surface area contributed by atoms with Crippen molar-refractivity contribution in [1.29, 1.82) is 0 Å². The van der Waals surface area contributed by atoms with Crippen LogP contribution in [0.15, 0.2) is 42.5 Å². The Hall–Kier alpha value is -2.29. The predicted octanol–water partition coefficient (Wildman–Crippen LogP) is 4.61. The van der Waals surface area contributed by atoms with E-state index in [4.69, 9.17) is 4.74 Å². The maximum atomic E-state index is 11.2. The molecule has 0 fully saturated rings. The van der Waals surface area contributed by atoms with Crippen molar-refractivity contribution in [3.8, 4) is 11.5 Å². The first kappa shape index (κ1) is 14.1. The average molecular weight is 270 g/mol. The maximum Gasteiger partial charge on any atom is 0.339 e. The molecule has 1 N–H and O–H groups in total. The Labute approximate surface area is 118 Å². The monoisotopic (exact) mass is 270 g/mol. The Bertz CT molecular complexity index is 630. The van der Waals surface area contributed by atoms with Crippen LogP contribution < -0.4 is 4.74 Å². The second-order valence-corrected chi connectivity index (χ2v) is 5.08. The molecule has 0 saturated carbocycles.